The fourth-order valence-corrected chi connectivity index (χ4v) is 7.29. The normalized spacial score (nSPS) is 23.9. The molecule has 8 nitrogen and oxygen atoms in total. The molecule has 0 spiro atoms. The maximum absolute atomic E-state index is 12.3. The highest BCUT2D eigenvalue weighted by Gasteiger charge is 2.49. The van der Waals surface area contributed by atoms with Crippen LogP contribution in [0.15, 0.2) is 69.9 Å². The smallest absolute Gasteiger partial charge is 0.263 e. The van der Waals surface area contributed by atoms with E-state index in [0.717, 1.165) is 5.69 Å². The second kappa shape index (κ2) is 8.38. The summed E-state index contributed by atoms with van der Waals surface area (Å²) >= 11 is 1.36. The molecular formula is C20H18N4O4S2. The summed E-state index contributed by atoms with van der Waals surface area (Å²) in [4.78, 5) is 18.6. The number of para-hydroxylation sites is 1. The molecule has 30 heavy (non-hydrogen) atoms. The molecule has 0 radical (unpaired) electrons. The summed E-state index contributed by atoms with van der Waals surface area (Å²) in [6.45, 7) is 0.161. The molecule has 0 saturated carbocycles. The van der Waals surface area contributed by atoms with Crippen molar-refractivity contribution in [3.8, 4) is 6.07 Å². The molecule has 0 aliphatic carbocycles. The van der Waals surface area contributed by atoms with E-state index in [1.807, 2.05) is 41.3 Å². The Bertz CT molecular complexity index is 1140. The zero-order valence-electron chi connectivity index (χ0n) is 15.8. The highest BCUT2D eigenvalue weighted by Crippen LogP contribution is 2.40. The topological polar surface area (TPSA) is 116 Å². The van der Waals surface area contributed by atoms with Crippen LogP contribution in [0.2, 0.25) is 0 Å². The van der Waals surface area contributed by atoms with Crippen LogP contribution in [0.1, 0.15) is 5.76 Å². The van der Waals surface area contributed by atoms with Gasteiger partial charge in [-0.05, 0) is 24.3 Å². The number of benzene rings is 1. The Morgan fingerprint density at radius 3 is 2.80 bits per heavy atom. The molecule has 0 bridgehead atoms. The average Bonchev–Trinajstić information content (AvgIpc) is 3.42. The molecular weight excluding hydrogens is 424 g/mol. The third kappa shape index (κ3) is 4.27. The predicted molar refractivity (Wildman–Crippen MR) is 114 cm³/mol. The number of hydrogen-bond acceptors (Lipinski definition) is 7. The van der Waals surface area contributed by atoms with Gasteiger partial charge in [0.05, 0.1) is 36.6 Å². The van der Waals surface area contributed by atoms with E-state index in [-0.39, 0.29) is 34.9 Å². The molecule has 2 atom stereocenters. The first-order valence-electron chi connectivity index (χ1n) is 9.17. The lowest BCUT2D eigenvalue weighted by Gasteiger charge is -2.24. The number of carbonyl (C=O) groups excluding carboxylic acids is 1. The molecule has 10 heteroatoms. The van der Waals surface area contributed by atoms with Crippen molar-refractivity contribution in [1.82, 2.24) is 5.32 Å². The number of amides is 1. The van der Waals surface area contributed by atoms with Crippen LogP contribution in [0.4, 0.5) is 5.69 Å². The zero-order chi connectivity index (χ0) is 21.1. The van der Waals surface area contributed by atoms with Crippen LogP contribution >= 0.6 is 11.8 Å². The summed E-state index contributed by atoms with van der Waals surface area (Å²) in [5, 5.41) is 12.4. The summed E-state index contributed by atoms with van der Waals surface area (Å²) < 4.78 is 29.4. The number of hydrogen-bond donors (Lipinski definition) is 1. The fourth-order valence-electron chi connectivity index (χ4n) is 3.40. The standard InChI is InChI=1S/C20H18N4O4S2/c21-9-14(19(25)22-11-16-7-4-8-28-16)10-23-20-24(15-5-2-1-3-6-15)17-12-30(26,27)13-18(17)29-20/h1-8,10,17-18H,11-13H2,(H,22,25)/b14-10+,23-20?/t17-,18-/m1/s1. The Kier molecular flexibility index (Phi) is 5.65. The number of carbonyl (C=O) groups is 1. The van der Waals surface area contributed by atoms with Crippen molar-refractivity contribution in [2.75, 3.05) is 16.4 Å². The van der Waals surface area contributed by atoms with Gasteiger partial charge < -0.3 is 14.6 Å². The molecule has 154 valence electrons. The fraction of sp³-hybridized carbons (Fsp3) is 0.250. The molecule has 1 aromatic carbocycles. The third-order valence-corrected chi connectivity index (χ3v) is 8.00. The van der Waals surface area contributed by atoms with Crippen LogP contribution in [0.25, 0.3) is 0 Å². The number of rotatable bonds is 5. The summed E-state index contributed by atoms with van der Waals surface area (Å²) in [6.07, 6.45) is 2.73. The Labute approximate surface area is 178 Å². The van der Waals surface area contributed by atoms with Crippen molar-refractivity contribution in [2.45, 2.75) is 17.8 Å². The Balaban J connectivity index is 1.57. The second-order valence-electron chi connectivity index (χ2n) is 6.83. The maximum atomic E-state index is 12.3. The summed E-state index contributed by atoms with van der Waals surface area (Å²) in [5.74, 6) is 0.151. The first-order valence-corrected chi connectivity index (χ1v) is 11.9. The van der Waals surface area contributed by atoms with Gasteiger partial charge in [0.1, 0.15) is 17.4 Å². The Hall–Kier alpha value is -3.03. The number of furan rings is 1. The largest absolute Gasteiger partial charge is 0.467 e. The molecule has 2 aliphatic rings. The predicted octanol–water partition coefficient (Wildman–Crippen LogP) is 2.08. The van der Waals surface area contributed by atoms with Gasteiger partial charge in [0.25, 0.3) is 5.91 Å². The summed E-state index contributed by atoms with van der Waals surface area (Å²) in [7, 11) is -3.11. The number of nitrogens with zero attached hydrogens (tertiary/aromatic N) is 3. The van der Waals surface area contributed by atoms with Crippen molar-refractivity contribution in [3.63, 3.8) is 0 Å². The lowest BCUT2D eigenvalue weighted by molar-refractivity contribution is -0.117. The lowest BCUT2D eigenvalue weighted by Crippen LogP contribution is -2.37. The molecule has 2 aliphatic heterocycles. The third-order valence-electron chi connectivity index (χ3n) is 4.77. The van der Waals surface area contributed by atoms with Gasteiger partial charge in [-0.2, -0.15) is 5.26 Å². The minimum atomic E-state index is -3.11. The van der Waals surface area contributed by atoms with E-state index in [4.69, 9.17) is 4.42 Å². The van der Waals surface area contributed by atoms with Gasteiger partial charge in [0.15, 0.2) is 15.0 Å². The number of fused-ring (bicyclic) bond motifs is 1. The van der Waals surface area contributed by atoms with E-state index < -0.39 is 15.7 Å². The van der Waals surface area contributed by atoms with E-state index in [1.54, 1.807) is 12.1 Å². The summed E-state index contributed by atoms with van der Waals surface area (Å²) in [6, 6.07) is 14.4. The molecule has 1 aromatic heterocycles. The van der Waals surface area contributed by atoms with Crippen molar-refractivity contribution in [1.29, 1.82) is 5.26 Å². The maximum Gasteiger partial charge on any atom is 0.263 e. The number of nitrogens with one attached hydrogen (secondary N) is 1. The number of thioether (sulfide) groups is 1. The second-order valence-corrected chi connectivity index (χ2v) is 10.2. The molecule has 2 fully saturated rings. The first kappa shape index (κ1) is 20.3. The molecule has 2 saturated heterocycles. The first-order chi connectivity index (χ1) is 14.5. The van der Waals surface area contributed by atoms with Gasteiger partial charge in [-0.15, -0.1) is 0 Å². The van der Waals surface area contributed by atoms with Crippen LogP contribution in [0.5, 0.6) is 0 Å². The number of amidine groups is 1. The highest BCUT2D eigenvalue weighted by atomic mass is 32.2. The minimum Gasteiger partial charge on any atom is -0.467 e. The summed E-state index contributed by atoms with van der Waals surface area (Å²) in [5.41, 5.74) is 0.676. The Morgan fingerprint density at radius 1 is 1.30 bits per heavy atom. The van der Waals surface area contributed by atoms with Crippen LogP contribution < -0.4 is 10.2 Å². The van der Waals surface area contributed by atoms with E-state index in [2.05, 4.69) is 10.3 Å². The monoisotopic (exact) mass is 442 g/mol. The Morgan fingerprint density at radius 2 is 2.10 bits per heavy atom. The molecule has 1 N–H and O–H groups in total. The highest BCUT2D eigenvalue weighted by molar-refractivity contribution is 8.16. The van der Waals surface area contributed by atoms with Gasteiger partial charge in [0, 0.05) is 10.9 Å². The SMILES string of the molecule is N#C/C(=C\N=C1S[C@@H]2CS(=O)(=O)C[C@H]2N1c1ccccc1)C(=O)NCc1ccco1. The molecule has 1 amide bonds. The van der Waals surface area contributed by atoms with Crippen LogP contribution in [0.3, 0.4) is 0 Å². The van der Waals surface area contributed by atoms with E-state index in [1.165, 1.54) is 24.2 Å². The average molecular weight is 443 g/mol. The lowest BCUT2D eigenvalue weighted by atomic mass is 10.2. The number of nitriles is 1. The van der Waals surface area contributed by atoms with Gasteiger partial charge >= 0.3 is 0 Å². The van der Waals surface area contributed by atoms with Gasteiger partial charge in [0.2, 0.25) is 0 Å². The number of aliphatic imine (C=N–C) groups is 1. The van der Waals surface area contributed by atoms with Crippen LogP contribution in [0, 0.1) is 11.3 Å². The minimum absolute atomic E-state index is 0.0526. The van der Waals surface area contributed by atoms with Crippen LogP contribution in [-0.4, -0.2) is 42.3 Å². The van der Waals surface area contributed by atoms with Crippen molar-refractivity contribution >= 4 is 38.4 Å². The quantitative estimate of drug-likeness (QED) is 0.557. The van der Waals surface area contributed by atoms with E-state index in [0.29, 0.717) is 10.9 Å². The zero-order valence-corrected chi connectivity index (χ0v) is 17.4. The van der Waals surface area contributed by atoms with Gasteiger partial charge in [-0.25, -0.2) is 13.4 Å². The number of sulfone groups is 1. The van der Waals surface area contributed by atoms with Crippen molar-refractivity contribution < 1.29 is 17.6 Å². The molecule has 2 aromatic rings. The van der Waals surface area contributed by atoms with E-state index >= 15 is 0 Å². The van der Waals surface area contributed by atoms with Crippen molar-refractivity contribution in [2.24, 2.45) is 4.99 Å². The van der Waals surface area contributed by atoms with Crippen LogP contribution in [-0.2, 0) is 21.2 Å². The molecule has 3 heterocycles. The molecule has 4 rings (SSSR count). The van der Waals surface area contributed by atoms with Gasteiger partial charge in [-0.3, -0.25) is 4.79 Å². The number of anilines is 1. The van der Waals surface area contributed by atoms with Gasteiger partial charge in [-0.1, -0.05) is 30.0 Å². The molecule has 0 unspecified atom stereocenters. The van der Waals surface area contributed by atoms with E-state index in [9.17, 15) is 18.5 Å². The van der Waals surface area contributed by atoms with Crippen molar-refractivity contribution in [3.05, 3.63) is 66.3 Å².